The van der Waals surface area contributed by atoms with Crippen molar-refractivity contribution in [2.45, 2.75) is 32.1 Å². The van der Waals surface area contributed by atoms with E-state index in [1.165, 1.54) is 24.8 Å². The number of benzene rings is 1. The zero-order chi connectivity index (χ0) is 27.6. The summed E-state index contributed by atoms with van der Waals surface area (Å²) < 4.78 is 41.2. The molecule has 0 saturated carbocycles. The van der Waals surface area contributed by atoms with Crippen LogP contribution < -0.4 is 19.9 Å². The summed E-state index contributed by atoms with van der Waals surface area (Å²) in [6.45, 7) is 11.8. The summed E-state index contributed by atoms with van der Waals surface area (Å²) in [6, 6.07) is 6.39. The van der Waals surface area contributed by atoms with E-state index in [-0.39, 0.29) is 22.6 Å². The fourth-order valence-corrected chi connectivity index (χ4v) is 6.59. The number of H-pyrrole nitrogens is 1. The van der Waals surface area contributed by atoms with Gasteiger partial charge in [-0.1, -0.05) is 13.8 Å². The summed E-state index contributed by atoms with van der Waals surface area (Å²) in [7, 11) is -4.12. The lowest BCUT2D eigenvalue weighted by Gasteiger charge is -2.35. The highest BCUT2D eigenvalue weighted by Crippen LogP contribution is 2.30. The number of anilines is 2. The summed E-state index contributed by atoms with van der Waals surface area (Å²) in [5.74, 6) is 2.54. The highest BCUT2D eigenvalue weighted by molar-refractivity contribution is 7.92. The number of aromatic nitrogens is 3. The molecule has 4 heterocycles. The van der Waals surface area contributed by atoms with Gasteiger partial charge in [0.05, 0.1) is 36.0 Å². The summed E-state index contributed by atoms with van der Waals surface area (Å²) in [4.78, 5) is 28.5. The van der Waals surface area contributed by atoms with E-state index in [0.29, 0.717) is 48.6 Å². The summed E-state index contributed by atoms with van der Waals surface area (Å²) >= 11 is 0. The molecule has 2 N–H and O–H groups in total. The Morgan fingerprint density at radius 1 is 1.15 bits per heavy atom. The van der Waals surface area contributed by atoms with Gasteiger partial charge in [0.1, 0.15) is 28.9 Å². The van der Waals surface area contributed by atoms with Crippen LogP contribution in [-0.4, -0.2) is 80.8 Å². The van der Waals surface area contributed by atoms with Crippen LogP contribution >= 0.6 is 0 Å². The van der Waals surface area contributed by atoms with Crippen molar-refractivity contribution >= 4 is 32.4 Å². The maximum absolute atomic E-state index is 13.6. The minimum atomic E-state index is -4.12. The van der Waals surface area contributed by atoms with Crippen LogP contribution in [0, 0.1) is 18.8 Å². The van der Waals surface area contributed by atoms with Gasteiger partial charge >= 0.3 is 0 Å². The van der Waals surface area contributed by atoms with Gasteiger partial charge in [0.2, 0.25) is 0 Å². The molecule has 5 rings (SSSR count). The van der Waals surface area contributed by atoms with E-state index in [0.717, 1.165) is 32.0 Å². The predicted octanol–water partition coefficient (Wildman–Crippen LogP) is 2.62. The Hall–Kier alpha value is -3.22. The van der Waals surface area contributed by atoms with Crippen molar-refractivity contribution in [3.05, 3.63) is 46.6 Å². The van der Waals surface area contributed by atoms with Crippen LogP contribution in [0.3, 0.4) is 0 Å². The number of rotatable bonds is 8. The van der Waals surface area contributed by atoms with Crippen molar-refractivity contribution in [1.29, 1.82) is 0 Å². The first kappa shape index (κ1) is 27.4. The number of ether oxygens (including phenoxy) is 2. The molecule has 2 aliphatic heterocycles. The zero-order valence-electron chi connectivity index (χ0n) is 22.6. The number of nitrogens with one attached hydrogen (secondary N) is 2. The van der Waals surface area contributed by atoms with Gasteiger partial charge in [-0.15, -0.1) is 0 Å². The monoisotopic (exact) mass is 556 g/mol. The number of hydrogen-bond donors (Lipinski definition) is 2. The van der Waals surface area contributed by atoms with Crippen molar-refractivity contribution in [2.75, 3.05) is 62.2 Å². The number of pyridine rings is 1. The number of piperidine rings is 1. The molecule has 39 heavy (non-hydrogen) atoms. The third kappa shape index (κ3) is 6.51. The maximum atomic E-state index is 13.6. The molecule has 210 valence electrons. The van der Waals surface area contributed by atoms with Crippen molar-refractivity contribution < 1.29 is 17.9 Å². The quantitative estimate of drug-likeness (QED) is 0.430. The van der Waals surface area contributed by atoms with Crippen LogP contribution in [0.5, 0.6) is 5.75 Å². The lowest BCUT2D eigenvalue weighted by atomic mass is 9.92. The van der Waals surface area contributed by atoms with Crippen LogP contribution in [0.25, 0.3) is 10.9 Å². The Kier molecular flexibility index (Phi) is 8.06. The Morgan fingerprint density at radius 2 is 1.90 bits per heavy atom. The molecule has 11 nitrogen and oxygen atoms in total. The van der Waals surface area contributed by atoms with E-state index >= 15 is 0 Å². The van der Waals surface area contributed by atoms with Crippen molar-refractivity contribution in [3.8, 4) is 5.75 Å². The largest absolute Gasteiger partial charge is 0.491 e. The topological polar surface area (TPSA) is 130 Å². The smallest absolute Gasteiger partial charge is 0.265 e. The van der Waals surface area contributed by atoms with Crippen LogP contribution in [0.15, 0.2) is 40.2 Å². The molecule has 1 aromatic carbocycles. The van der Waals surface area contributed by atoms with Gasteiger partial charge in [-0.25, -0.2) is 18.4 Å². The molecule has 2 atom stereocenters. The molecule has 0 radical (unpaired) electrons. The minimum Gasteiger partial charge on any atom is -0.491 e. The number of nitrogens with zero attached hydrogens (tertiary/aromatic N) is 4. The second-order valence-electron chi connectivity index (χ2n) is 10.6. The van der Waals surface area contributed by atoms with Gasteiger partial charge in [0.15, 0.2) is 0 Å². The second-order valence-corrected chi connectivity index (χ2v) is 12.3. The number of aryl methyl sites for hydroxylation is 1. The summed E-state index contributed by atoms with van der Waals surface area (Å²) in [5.41, 5.74) is 0.282. The Bertz CT molecular complexity index is 1460. The first-order valence-corrected chi connectivity index (χ1v) is 14.9. The standard InChI is InChI=1S/C27H36N6O5S/c1-18-12-19(2)17-33(16-18)26-5-4-21(15-28-26)31-39(35,36)25-13-22-23(29-20(3)30-27(22)34)14-24(25)38-11-8-32-6-9-37-10-7-32/h4-5,13-15,18-19,31H,6-12,16-17H2,1-3H3,(H,29,30,34). The van der Waals surface area contributed by atoms with E-state index in [1.807, 2.05) is 6.07 Å². The molecule has 2 fully saturated rings. The van der Waals surface area contributed by atoms with Gasteiger partial charge in [0.25, 0.3) is 15.6 Å². The van der Waals surface area contributed by atoms with Gasteiger partial charge < -0.3 is 19.4 Å². The van der Waals surface area contributed by atoms with E-state index < -0.39 is 15.6 Å². The molecule has 0 bridgehead atoms. The van der Waals surface area contributed by atoms with E-state index in [1.54, 1.807) is 13.0 Å². The third-order valence-electron chi connectivity index (χ3n) is 7.14. The fraction of sp³-hybridized carbons (Fsp3) is 0.519. The Morgan fingerprint density at radius 3 is 2.59 bits per heavy atom. The normalized spacial score (nSPS) is 20.7. The molecular weight excluding hydrogens is 520 g/mol. The highest BCUT2D eigenvalue weighted by atomic mass is 32.2. The van der Waals surface area contributed by atoms with E-state index in [2.05, 4.69) is 43.3 Å². The molecule has 12 heteroatoms. The average molecular weight is 557 g/mol. The molecule has 2 aliphatic rings. The van der Waals surface area contributed by atoms with Gasteiger partial charge in [-0.3, -0.25) is 14.4 Å². The number of fused-ring (bicyclic) bond motifs is 1. The molecule has 2 saturated heterocycles. The number of sulfonamides is 1. The van der Waals surface area contributed by atoms with Crippen LogP contribution in [0.1, 0.15) is 26.1 Å². The molecular formula is C27H36N6O5S. The second kappa shape index (κ2) is 11.5. The number of morpholine rings is 1. The lowest BCUT2D eigenvalue weighted by molar-refractivity contribution is 0.0321. The predicted molar refractivity (Wildman–Crippen MR) is 150 cm³/mol. The number of hydrogen-bond acceptors (Lipinski definition) is 9. The molecule has 3 aromatic rings. The molecule has 0 spiro atoms. The maximum Gasteiger partial charge on any atom is 0.265 e. The average Bonchev–Trinajstić information content (AvgIpc) is 2.88. The summed E-state index contributed by atoms with van der Waals surface area (Å²) in [5, 5.41) is 0.170. The van der Waals surface area contributed by atoms with E-state index in [9.17, 15) is 13.2 Å². The molecule has 0 aliphatic carbocycles. The molecule has 2 unspecified atom stereocenters. The fourth-order valence-electron chi connectivity index (χ4n) is 5.39. The highest BCUT2D eigenvalue weighted by Gasteiger charge is 2.25. The third-order valence-corrected chi connectivity index (χ3v) is 8.54. The minimum absolute atomic E-state index is 0.129. The van der Waals surface area contributed by atoms with E-state index in [4.69, 9.17) is 9.47 Å². The van der Waals surface area contributed by atoms with Crippen LogP contribution in [0.2, 0.25) is 0 Å². The lowest BCUT2D eigenvalue weighted by Crippen LogP contribution is -2.39. The van der Waals surface area contributed by atoms with Gasteiger partial charge in [-0.05, 0) is 43.4 Å². The number of aromatic amines is 1. The molecule has 0 amide bonds. The summed E-state index contributed by atoms with van der Waals surface area (Å²) in [6.07, 6.45) is 2.71. The molecule has 2 aromatic heterocycles. The Labute approximate surface area is 228 Å². The van der Waals surface area contributed by atoms with Gasteiger partial charge in [0, 0.05) is 38.8 Å². The van der Waals surface area contributed by atoms with Gasteiger partial charge in [-0.2, -0.15) is 0 Å². The van der Waals surface area contributed by atoms with Crippen molar-refractivity contribution in [1.82, 2.24) is 19.9 Å². The SMILES string of the molecule is Cc1nc2cc(OCCN3CCOCC3)c(S(=O)(=O)Nc3ccc(N4CC(C)CC(C)C4)nc3)cc2c(=O)[nH]1. The first-order chi connectivity index (χ1) is 18.7. The van der Waals surface area contributed by atoms with Crippen molar-refractivity contribution in [2.24, 2.45) is 11.8 Å². The van der Waals surface area contributed by atoms with Crippen LogP contribution in [0.4, 0.5) is 11.5 Å². The van der Waals surface area contributed by atoms with Crippen LogP contribution in [-0.2, 0) is 14.8 Å². The zero-order valence-corrected chi connectivity index (χ0v) is 23.5. The van der Waals surface area contributed by atoms with Crippen molar-refractivity contribution in [3.63, 3.8) is 0 Å². The Balaban J connectivity index is 1.40. The first-order valence-electron chi connectivity index (χ1n) is 13.4.